The molecular weight excluding hydrogens is 334 g/mol. The van der Waals surface area contributed by atoms with E-state index >= 15 is 0 Å². The zero-order valence-electron chi connectivity index (χ0n) is 12.4. The molecule has 1 N–H and O–H groups in total. The van der Waals surface area contributed by atoms with Crippen LogP contribution in [0.2, 0.25) is 0 Å². The Kier molecular flexibility index (Phi) is 4.63. The number of nitrogens with zero attached hydrogens (tertiary/aromatic N) is 2. The van der Waals surface area contributed by atoms with Crippen LogP contribution < -0.4 is 5.32 Å². The van der Waals surface area contributed by atoms with Gasteiger partial charge in [0.15, 0.2) is 5.13 Å². The molecule has 3 rings (SSSR count). The van der Waals surface area contributed by atoms with Crippen LogP contribution >= 0.6 is 23.1 Å². The van der Waals surface area contributed by atoms with E-state index in [9.17, 15) is 14.9 Å². The van der Waals surface area contributed by atoms with E-state index in [-0.39, 0.29) is 16.8 Å². The minimum Gasteiger partial charge on any atom is -0.301 e. The van der Waals surface area contributed by atoms with E-state index in [0.29, 0.717) is 5.13 Å². The molecule has 0 aliphatic heterocycles. The molecule has 2 aromatic rings. The lowest BCUT2D eigenvalue weighted by atomic mass is 10.3. The summed E-state index contributed by atoms with van der Waals surface area (Å²) in [6, 6.07) is 6.20. The Morgan fingerprint density at radius 3 is 2.78 bits per heavy atom. The van der Waals surface area contributed by atoms with Gasteiger partial charge in [0.25, 0.3) is 5.69 Å². The normalized spacial score (nSPS) is 14.3. The summed E-state index contributed by atoms with van der Waals surface area (Å²) < 4.78 is 0. The average molecular weight is 349 g/mol. The lowest BCUT2D eigenvalue weighted by Crippen LogP contribution is -2.22. The van der Waals surface area contributed by atoms with Gasteiger partial charge in [-0.2, -0.15) is 0 Å². The molecule has 1 heterocycles. The molecule has 120 valence electrons. The van der Waals surface area contributed by atoms with Gasteiger partial charge < -0.3 is 5.32 Å². The molecule has 0 fully saturated rings. The Morgan fingerprint density at radius 1 is 1.39 bits per heavy atom. The number of rotatable bonds is 5. The van der Waals surface area contributed by atoms with Crippen molar-refractivity contribution in [2.45, 2.75) is 36.3 Å². The van der Waals surface area contributed by atoms with Crippen LogP contribution in [0.3, 0.4) is 0 Å². The van der Waals surface area contributed by atoms with Crippen LogP contribution in [0.15, 0.2) is 29.2 Å². The highest BCUT2D eigenvalue weighted by molar-refractivity contribution is 8.00. The van der Waals surface area contributed by atoms with Gasteiger partial charge in [-0.05, 0) is 38.3 Å². The SMILES string of the molecule is CC(Sc1ccc([N+](=O)[O-])cc1)C(=O)Nc1nc2c(s1)CCC2. The van der Waals surface area contributed by atoms with Gasteiger partial charge in [-0.1, -0.05) is 0 Å². The summed E-state index contributed by atoms with van der Waals surface area (Å²) in [6.45, 7) is 1.81. The van der Waals surface area contributed by atoms with Gasteiger partial charge in [0, 0.05) is 21.9 Å². The second-order valence-electron chi connectivity index (χ2n) is 5.24. The van der Waals surface area contributed by atoms with Gasteiger partial charge >= 0.3 is 0 Å². The molecule has 6 nitrogen and oxygen atoms in total. The van der Waals surface area contributed by atoms with Crippen LogP contribution in [0.5, 0.6) is 0 Å². The number of anilines is 1. The van der Waals surface area contributed by atoms with Gasteiger partial charge in [0.2, 0.25) is 5.91 Å². The van der Waals surface area contributed by atoms with Crippen molar-refractivity contribution in [1.29, 1.82) is 0 Å². The molecule has 8 heteroatoms. The largest absolute Gasteiger partial charge is 0.301 e. The summed E-state index contributed by atoms with van der Waals surface area (Å²) in [6.07, 6.45) is 3.19. The average Bonchev–Trinajstić information content (AvgIpc) is 3.08. The molecule has 1 aromatic heterocycles. The van der Waals surface area contributed by atoms with E-state index in [1.54, 1.807) is 23.5 Å². The number of benzene rings is 1. The summed E-state index contributed by atoms with van der Waals surface area (Å²) in [5.74, 6) is -0.110. The first-order valence-electron chi connectivity index (χ1n) is 7.23. The summed E-state index contributed by atoms with van der Waals surface area (Å²) in [5.41, 5.74) is 1.16. The number of aromatic nitrogens is 1. The number of thioether (sulfide) groups is 1. The molecule has 0 radical (unpaired) electrons. The summed E-state index contributed by atoms with van der Waals surface area (Å²) in [7, 11) is 0. The highest BCUT2D eigenvalue weighted by Gasteiger charge is 2.20. The number of amides is 1. The highest BCUT2D eigenvalue weighted by Crippen LogP contribution is 2.31. The number of carbonyl (C=O) groups is 1. The van der Waals surface area contributed by atoms with Crippen molar-refractivity contribution in [2.24, 2.45) is 0 Å². The van der Waals surface area contributed by atoms with E-state index in [2.05, 4.69) is 10.3 Å². The Morgan fingerprint density at radius 2 is 2.13 bits per heavy atom. The second kappa shape index (κ2) is 6.67. The molecule has 1 aliphatic carbocycles. The number of nitro groups is 1. The molecule has 0 spiro atoms. The number of hydrogen-bond donors (Lipinski definition) is 1. The molecule has 0 bridgehead atoms. The number of carbonyl (C=O) groups excluding carboxylic acids is 1. The number of nitro benzene ring substituents is 1. The molecule has 1 unspecified atom stereocenters. The predicted octanol–water partition coefficient (Wildman–Crippen LogP) is 3.66. The number of hydrogen-bond acceptors (Lipinski definition) is 6. The Bertz CT molecular complexity index is 721. The molecular formula is C15H15N3O3S2. The first-order valence-corrected chi connectivity index (χ1v) is 8.93. The molecule has 1 atom stereocenters. The van der Waals surface area contributed by atoms with Crippen LogP contribution in [0, 0.1) is 10.1 Å². The lowest BCUT2D eigenvalue weighted by molar-refractivity contribution is -0.384. The van der Waals surface area contributed by atoms with Crippen LogP contribution in [-0.4, -0.2) is 21.1 Å². The van der Waals surface area contributed by atoms with Gasteiger partial charge in [-0.3, -0.25) is 14.9 Å². The fourth-order valence-electron chi connectivity index (χ4n) is 2.35. The zero-order chi connectivity index (χ0) is 16.4. The number of thiazole rings is 1. The zero-order valence-corrected chi connectivity index (χ0v) is 14.1. The number of fused-ring (bicyclic) bond motifs is 1. The molecule has 1 amide bonds. The van der Waals surface area contributed by atoms with Gasteiger partial charge in [-0.15, -0.1) is 23.1 Å². The van der Waals surface area contributed by atoms with Crippen molar-refractivity contribution >= 4 is 39.8 Å². The molecule has 23 heavy (non-hydrogen) atoms. The van der Waals surface area contributed by atoms with Crippen molar-refractivity contribution < 1.29 is 9.72 Å². The topological polar surface area (TPSA) is 85.1 Å². The van der Waals surface area contributed by atoms with Crippen LogP contribution in [0.1, 0.15) is 23.9 Å². The van der Waals surface area contributed by atoms with E-state index in [1.165, 1.54) is 28.8 Å². The maximum atomic E-state index is 12.2. The summed E-state index contributed by atoms with van der Waals surface area (Å²) in [4.78, 5) is 29.0. The monoisotopic (exact) mass is 349 g/mol. The van der Waals surface area contributed by atoms with Gasteiger partial charge in [-0.25, -0.2) is 4.98 Å². The van der Waals surface area contributed by atoms with Crippen LogP contribution in [-0.2, 0) is 17.6 Å². The van der Waals surface area contributed by atoms with E-state index < -0.39 is 4.92 Å². The smallest absolute Gasteiger partial charge is 0.269 e. The fraction of sp³-hybridized carbons (Fsp3) is 0.333. The van der Waals surface area contributed by atoms with Crippen LogP contribution in [0.25, 0.3) is 0 Å². The van der Waals surface area contributed by atoms with Gasteiger partial charge in [0.1, 0.15) is 0 Å². The molecule has 1 aromatic carbocycles. The molecule has 1 aliphatic rings. The second-order valence-corrected chi connectivity index (χ2v) is 7.74. The van der Waals surface area contributed by atoms with Crippen molar-refractivity contribution in [1.82, 2.24) is 4.98 Å². The third kappa shape index (κ3) is 3.70. The minimum atomic E-state index is -0.438. The van der Waals surface area contributed by atoms with Gasteiger partial charge in [0.05, 0.1) is 15.9 Å². The Labute approximate surface area is 141 Å². The maximum absolute atomic E-state index is 12.2. The lowest BCUT2D eigenvalue weighted by Gasteiger charge is -2.10. The maximum Gasteiger partial charge on any atom is 0.269 e. The first-order chi connectivity index (χ1) is 11.0. The molecule has 0 saturated heterocycles. The predicted molar refractivity (Wildman–Crippen MR) is 91.2 cm³/mol. The third-order valence-electron chi connectivity index (χ3n) is 3.56. The number of non-ortho nitro benzene ring substituents is 1. The van der Waals surface area contributed by atoms with E-state index in [1.807, 2.05) is 6.92 Å². The minimum absolute atomic E-state index is 0.0451. The van der Waals surface area contributed by atoms with Crippen molar-refractivity contribution in [3.63, 3.8) is 0 Å². The van der Waals surface area contributed by atoms with E-state index in [0.717, 1.165) is 29.9 Å². The fourth-order valence-corrected chi connectivity index (χ4v) is 4.28. The summed E-state index contributed by atoms with van der Waals surface area (Å²) >= 11 is 2.92. The standard InChI is InChI=1S/C15H15N3O3S2/c1-9(22-11-7-5-10(6-8-11)18(20)21)14(19)17-15-16-12-3-2-4-13(12)23-15/h5-9H,2-4H2,1H3,(H,16,17,19). The first kappa shape index (κ1) is 15.9. The number of aryl methyl sites for hydroxylation is 2. The molecule has 0 saturated carbocycles. The van der Waals surface area contributed by atoms with Crippen molar-refractivity contribution in [2.75, 3.05) is 5.32 Å². The van der Waals surface area contributed by atoms with E-state index in [4.69, 9.17) is 0 Å². The Balaban J connectivity index is 1.59. The van der Waals surface area contributed by atoms with Crippen molar-refractivity contribution in [3.05, 3.63) is 45.0 Å². The summed E-state index contributed by atoms with van der Waals surface area (Å²) in [5, 5.41) is 13.8. The Hall–Kier alpha value is -1.93. The quantitative estimate of drug-likeness (QED) is 0.506. The highest BCUT2D eigenvalue weighted by atomic mass is 32.2. The van der Waals surface area contributed by atoms with Crippen molar-refractivity contribution in [3.8, 4) is 0 Å². The van der Waals surface area contributed by atoms with Crippen LogP contribution in [0.4, 0.5) is 10.8 Å². The third-order valence-corrected chi connectivity index (χ3v) is 5.74. The number of nitrogens with one attached hydrogen (secondary N) is 1.